The maximum atomic E-state index is 13.4. The minimum absolute atomic E-state index is 0.0396. The molecular formula is C17H19F4N3O2. The van der Waals surface area contributed by atoms with Crippen molar-refractivity contribution in [2.24, 2.45) is 5.92 Å². The molecule has 0 radical (unpaired) electrons. The highest BCUT2D eigenvalue weighted by atomic mass is 19.3. The van der Waals surface area contributed by atoms with Crippen molar-refractivity contribution in [2.75, 3.05) is 11.9 Å². The quantitative estimate of drug-likeness (QED) is 0.480. The highest BCUT2D eigenvalue weighted by molar-refractivity contribution is 6.02. The molecule has 142 valence electrons. The molecule has 1 aromatic heterocycles. The molecule has 9 heteroatoms. The van der Waals surface area contributed by atoms with Crippen LogP contribution in [0, 0.1) is 17.6 Å². The van der Waals surface area contributed by atoms with E-state index in [4.69, 9.17) is 0 Å². The molecular weight excluding hydrogens is 354 g/mol. The molecule has 2 aromatic rings. The van der Waals surface area contributed by atoms with Gasteiger partial charge in [-0.1, -0.05) is 0 Å². The third kappa shape index (κ3) is 4.16. The Morgan fingerprint density at radius 1 is 1.27 bits per heavy atom. The largest absolute Gasteiger partial charge is 0.370 e. The summed E-state index contributed by atoms with van der Waals surface area (Å²) in [6.45, 7) is 0.235. The molecule has 1 aromatic carbocycles. The number of rotatable bonds is 5. The molecule has 3 rings (SSSR count). The molecule has 1 saturated carbocycles. The second kappa shape index (κ2) is 7.24. The van der Waals surface area contributed by atoms with Crippen LogP contribution in [0.1, 0.15) is 25.7 Å². The monoisotopic (exact) mass is 373 g/mol. The number of hydrogen-bond acceptors (Lipinski definition) is 3. The number of H-pyrrole nitrogens is 1. The second-order valence-corrected chi connectivity index (χ2v) is 6.61. The number of fused-ring (bicyclic) bond motifs is 1. The van der Waals surface area contributed by atoms with E-state index in [-0.39, 0.29) is 36.4 Å². The van der Waals surface area contributed by atoms with E-state index < -0.39 is 29.7 Å². The number of amides is 1. The smallest absolute Gasteiger partial charge is 0.268 e. The van der Waals surface area contributed by atoms with Crippen molar-refractivity contribution in [3.63, 3.8) is 0 Å². The number of nitrogens with one attached hydrogen (secondary N) is 3. The van der Waals surface area contributed by atoms with Crippen LogP contribution in [-0.2, 0) is 4.79 Å². The second-order valence-electron chi connectivity index (χ2n) is 6.61. The van der Waals surface area contributed by atoms with Crippen molar-refractivity contribution in [3.05, 3.63) is 30.0 Å². The zero-order valence-corrected chi connectivity index (χ0v) is 13.8. The minimum Gasteiger partial charge on any atom is -0.370 e. The standard InChI is InChI=1S/C17H19F4N3O2/c18-11-5-10-13(6-12(11)19)22-8-14(10)24-16(26)15(25)23-7-9-1-3-17(20,21)4-2-9/h5-6,8-9,15,22-23,25H,1-4,7H2,(H,24,26). The Hall–Kier alpha value is -2.13. The molecule has 0 spiro atoms. The minimum atomic E-state index is -2.63. The van der Waals surface area contributed by atoms with Gasteiger partial charge in [0.1, 0.15) is 0 Å². The molecule has 0 aliphatic heterocycles. The number of benzene rings is 1. The molecule has 1 aliphatic carbocycles. The normalized spacial score (nSPS) is 18.8. The molecule has 0 saturated heterocycles. The number of aliphatic hydroxyl groups is 1. The molecule has 1 atom stereocenters. The fourth-order valence-corrected chi connectivity index (χ4v) is 3.10. The Morgan fingerprint density at radius 3 is 2.62 bits per heavy atom. The topological polar surface area (TPSA) is 77.2 Å². The number of alkyl halides is 2. The molecule has 0 bridgehead atoms. The average molecular weight is 373 g/mol. The van der Waals surface area contributed by atoms with E-state index in [0.717, 1.165) is 12.1 Å². The number of carbonyl (C=O) groups is 1. The van der Waals surface area contributed by atoms with Crippen molar-refractivity contribution in [1.29, 1.82) is 0 Å². The summed E-state index contributed by atoms with van der Waals surface area (Å²) in [5.41, 5.74) is 0.492. The van der Waals surface area contributed by atoms with Crippen LogP contribution in [0.2, 0.25) is 0 Å². The number of aromatic amines is 1. The summed E-state index contributed by atoms with van der Waals surface area (Å²) < 4.78 is 52.8. The highest BCUT2D eigenvalue weighted by Crippen LogP contribution is 2.35. The molecule has 5 nitrogen and oxygen atoms in total. The first kappa shape index (κ1) is 18.7. The Kier molecular flexibility index (Phi) is 5.19. The summed E-state index contributed by atoms with van der Waals surface area (Å²) >= 11 is 0. The van der Waals surface area contributed by atoms with Crippen LogP contribution < -0.4 is 10.6 Å². The summed E-state index contributed by atoms with van der Waals surface area (Å²) in [7, 11) is 0. The predicted molar refractivity (Wildman–Crippen MR) is 87.8 cm³/mol. The maximum Gasteiger partial charge on any atom is 0.268 e. The first-order valence-corrected chi connectivity index (χ1v) is 8.31. The van der Waals surface area contributed by atoms with Gasteiger partial charge in [0.15, 0.2) is 17.9 Å². The van der Waals surface area contributed by atoms with E-state index in [0.29, 0.717) is 18.4 Å². The van der Waals surface area contributed by atoms with E-state index in [2.05, 4.69) is 15.6 Å². The van der Waals surface area contributed by atoms with Crippen LogP contribution in [0.3, 0.4) is 0 Å². The molecule has 1 amide bonds. The lowest BCUT2D eigenvalue weighted by atomic mass is 9.87. The van der Waals surface area contributed by atoms with Gasteiger partial charge in [0, 0.05) is 37.0 Å². The summed E-state index contributed by atoms with van der Waals surface area (Å²) in [6, 6.07) is 1.91. The number of halogens is 4. The van der Waals surface area contributed by atoms with E-state index in [1.807, 2.05) is 0 Å². The van der Waals surface area contributed by atoms with Crippen molar-refractivity contribution < 1.29 is 27.5 Å². The van der Waals surface area contributed by atoms with E-state index in [1.165, 1.54) is 6.20 Å². The van der Waals surface area contributed by atoms with Crippen LogP contribution in [-0.4, -0.2) is 34.7 Å². The maximum absolute atomic E-state index is 13.4. The van der Waals surface area contributed by atoms with Gasteiger partial charge in [0.05, 0.1) is 11.2 Å². The number of aromatic nitrogens is 1. The fraction of sp³-hybridized carbons (Fsp3) is 0.471. The summed E-state index contributed by atoms with van der Waals surface area (Å²) in [5, 5.41) is 15.2. The van der Waals surface area contributed by atoms with Gasteiger partial charge in [-0.05, 0) is 24.8 Å². The van der Waals surface area contributed by atoms with E-state index in [1.54, 1.807) is 0 Å². The van der Waals surface area contributed by atoms with Crippen molar-refractivity contribution in [1.82, 2.24) is 10.3 Å². The first-order valence-electron chi connectivity index (χ1n) is 8.31. The summed E-state index contributed by atoms with van der Waals surface area (Å²) in [4.78, 5) is 14.8. The third-order valence-electron chi connectivity index (χ3n) is 4.67. The highest BCUT2D eigenvalue weighted by Gasteiger charge is 2.35. The zero-order chi connectivity index (χ0) is 18.9. The van der Waals surface area contributed by atoms with Gasteiger partial charge in [-0.3, -0.25) is 10.1 Å². The van der Waals surface area contributed by atoms with Crippen LogP contribution in [0.25, 0.3) is 10.9 Å². The first-order chi connectivity index (χ1) is 12.2. The molecule has 26 heavy (non-hydrogen) atoms. The SMILES string of the molecule is O=C(Nc1c[nH]c2cc(F)c(F)cc12)C(O)NCC1CCC(F)(F)CC1. The lowest BCUT2D eigenvalue weighted by Crippen LogP contribution is -2.43. The van der Waals surface area contributed by atoms with Gasteiger partial charge in [-0.25, -0.2) is 17.6 Å². The Bertz CT molecular complexity index is 799. The van der Waals surface area contributed by atoms with Gasteiger partial charge in [-0.2, -0.15) is 0 Å². The van der Waals surface area contributed by atoms with Gasteiger partial charge in [-0.15, -0.1) is 0 Å². The van der Waals surface area contributed by atoms with Gasteiger partial charge in [0.25, 0.3) is 5.91 Å². The molecule has 1 unspecified atom stereocenters. The predicted octanol–water partition coefficient (Wildman–Crippen LogP) is 3.12. The van der Waals surface area contributed by atoms with Gasteiger partial charge >= 0.3 is 0 Å². The third-order valence-corrected chi connectivity index (χ3v) is 4.67. The number of hydrogen-bond donors (Lipinski definition) is 4. The van der Waals surface area contributed by atoms with Crippen LogP contribution in [0.15, 0.2) is 18.3 Å². The van der Waals surface area contributed by atoms with Gasteiger partial charge < -0.3 is 15.4 Å². The Labute approximate surface area is 146 Å². The fourth-order valence-electron chi connectivity index (χ4n) is 3.10. The van der Waals surface area contributed by atoms with Crippen molar-refractivity contribution in [3.8, 4) is 0 Å². The lowest BCUT2D eigenvalue weighted by molar-refractivity contribution is -0.125. The van der Waals surface area contributed by atoms with Crippen LogP contribution in [0.5, 0.6) is 0 Å². The number of carbonyl (C=O) groups excluding carboxylic acids is 1. The summed E-state index contributed by atoms with van der Waals surface area (Å²) in [5.74, 6) is -5.52. The summed E-state index contributed by atoms with van der Waals surface area (Å²) in [6.07, 6.45) is 0.0615. The average Bonchev–Trinajstić information content (AvgIpc) is 2.95. The number of aliphatic hydroxyl groups excluding tert-OH is 1. The Balaban J connectivity index is 1.55. The van der Waals surface area contributed by atoms with Crippen LogP contribution >= 0.6 is 0 Å². The molecule has 4 N–H and O–H groups in total. The van der Waals surface area contributed by atoms with E-state index >= 15 is 0 Å². The van der Waals surface area contributed by atoms with Crippen LogP contribution in [0.4, 0.5) is 23.2 Å². The molecule has 1 heterocycles. The van der Waals surface area contributed by atoms with Gasteiger partial charge in [0.2, 0.25) is 5.92 Å². The zero-order valence-electron chi connectivity index (χ0n) is 13.8. The lowest BCUT2D eigenvalue weighted by Gasteiger charge is -2.28. The van der Waals surface area contributed by atoms with Crippen molar-refractivity contribution in [2.45, 2.75) is 37.8 Å². The molecule has 1 aliphatic rings. The van der Waals surface area contributed by atoms with Crippen molar-refractivity contribution >= 4 is 22.5 Å². The molecule has 1 fully saturated rings. The van der Waals surface area contributed by atoms with E-state index in [9.17, 15) is 27.5 Å². The number of anilines is 1. The Morgan fingerprint density at radius 2 is 1.92 bits per heavy atom.